The second-order valence-corrected chi connectivity index (χ2v) is 2.46. The van der Waals surface area contributed by atoms with E-state index in [0.717, 1.165) is 5.54 Å². The second-order valence-electron chi connectivity index (χ2n) is 2.24. The lowest BCUT2D eigenvalue weighted by Crippen LogP contribution is -2.15. The summed E-state index contributed by atoms with van der Waals surface area (Å²) >= 11 is 5.24. The predicted octanol–water partition coefficient (Wildman–Crippen LogP) is 1.05. The van der Waals surface area contributed by atoms with Crippen LogP contribution in [0.1, 0.15) is 13.8 Å². The van der Waals surface area contributed by atoms with Gasteiger partial charge in [-0.15, -0.1) is 0 Å². The molecule has 0 rings (SSSR count). The van der Waals surface area contributed by atoms with Crippen LogP contribution in [0.5, 0.6) is 0 Å². The highest BCUT2D eigenvalue weighted by Crippen LogP contribution is 1.98. The zero-order chi connectivity index (χ0) is 8.85. The Kier molecular flexibility index (Phi) is 4.90. The lowest BCUT2D eigenvalue weighted by atomic mass is 10.3. The summed E-state index contributed by atoms with van der Waals surface area (Å²) in [7, 11) is 0. The molecule has 0 bridgehead atoms. The van der Waals surface area contributed by atoms with Crippen molar-refractivity contribution in [1.82, 2.24) is 0 Å². The molecule has 0 heterocycles. The largest absolute Gasteiger partial charge is 0.460 e. The van der Waals surface area contributed by atoms with Gasteiger partial charge in [0.2, 0.25) is 0 Å². The Hall–Kier alpha value is -0.540. The van der Waals surface area contributed by atoms with Gasteiger partial charge in [-0.2, -0.15) is 0 Å². The van der Waals surface area contributed by atoms with Crippen molar-refractivity contribution in [2.75, 3.05) is 6.61 Å². The third-order valence-electron chi connectivity index (χ3n) is 0.941. The molecule has 0 aliphatic rings. The number of esters is 1. The number of aliphatic hydroxyl groups is 1. The van der Waals surface area contributed by atoms with Crippen molar-refractivity contribution >= 4 is 17.6 Å². The van der Waals surface area contributed by atoms with Gasteiger partial charge in [0.05, 0.1) is 6.10 Å². The minimum atomic E-state index is -0.637. The van der Waals surface area contributed by atoms with Gasteiger partial charge in [-0.25, -0.2) is 4.79 Å². The first kappa shape index (κ1) is 10.5. The molecule has 0 aromatic rings. The van der Waals surface area contributed by atoms with Crippen LogP contribution in [0.3, 0.4) is 0 Å². The molecule has 4 heteroatoms. The van der Waals surface area contributed by atoms with Crippen molar-refractivity contribution < 1.29 is 14.6 Å². The fourth-order valence-corrected chi connectivity index (χ4v) is 0.444. The van der Waals surface area contributed by atoms with E-state index in [2.05, 4.69) is 4.74 Å². The molecule has 3 nitrogen and oxygen atoms in total. The summed E-state index contributed by atoms with van der Waals surface area (Å²) in [5, 5.41) is 8.73. The molecule has 1 unspecified atom stereocenters. The first-order chi connectivity index (χ1) is 5.07. The quantitative estimate of drug-likeness (QED) is 0.519. The molecule has 11 heavy (non-hydrogen) atoms. The van der Waals surface area contributed by atoms with Crippen LogP contribution >= 0.6 is 11.6 Å². The third-order valence-corrected chi connectivity index (χ3v) is 1.27. The Balaban J connectivity index is 3.71. The maximum Gasteiger partial charge on any atom is 0.334 e. The number of hydrogen-bond acceptors (Lipinski definition) is 3. The highest BCUT2D eigenvalue weighted by Gasteiger charge is 2.05. The molecule has 0 aromatic carbocycles. The zero-order valence-electron chi connectivity index (χ0n) is 6.50. The molecular formula is C7H11ClO3. The van der Waals surface area contributed by atoms with Gasteiger partial charge in [-0.05, 0) is 13.8 Å². The van der Waals surface area contributed by atoms with E-state index in [9.17, 15) is 4.79 Å². The van der Waals surface area contributed by atoms with E-state index in [0.29, 0.717) is 5.57 Å². The van der Waals surface area contributed by atoms with E-state index in [4.69, 9.17) is 16.7 Å². The smallest absolute Gasteiger partial charge is 0.334 e. The first-order valence-electron chi connectivity index (χ1n) is 3.20. The van der Waals surface area contributed by atoms with E-state index >= 15 is 0 Å². The van der Waals surface area contributed by atoms with E-state index in [1.165, 1.54) is 13.8 Å². The summed E-state index contributed by atoms with van der Waals surface area (Å²) in [4.78, 5) is 10.8. The number of carbonyl (C=O) groups excluding carboxylic acids is 1. The topological polar surface area (TPSA) is 46.5 Å². The number of carbonyl (C=O) groups is 1. The van der Waals surface area contributed by atoms with Gasteiger partial charge in [-0.1, -0.05) is 11.6 Å². The SMILES string of the molecule is C/C(=C\Cl)C(=O)OCC(C)O. The van der Waals surface area contributed by atoms with E-state index < -0.39 is 12.1 Å². The Morgan fingerprint density at radius 1 is 1.82 bits per heavy atom. The average molecular weight is 179 g/mol. The Morgan fingerprint density at radius 2 is 2.36 bits per heavy atom. The normalized spacial score (nSPS) is 14.4. The molecular weight excluding hydrogens is 168 g/mol. The van der Waals surface area contributed by atoms with Crippen LogP contribution in [0.15, 0.2) is 11.1 Å². The number of aliphatic hydroxyl groups excluding tert-OH is 1. The van der Waals surface area contributed by atoms with Crippen LogP contribution < -0.4 is 0 Å². The third kappa shape index (κ3) is 4.81. The first-order valence-corrected chi connectivity index (χ1v) is 3.63. The summed E-state index contributed by atoms with van der Waals surface area (Å²) in [6, 6.07) is 0. The lowest BCUT2D eigenvalue weighted by molar-refractivity contribution is -0.141. The Labute approximate surface area is 70.6 Å². The summed E-state index contributed by atoms with van der Waals surface area (Å²) in [6.45, 7) is 3.07. The molecule has 0 saturated heterocycles. The molecule has 0 radical (unpaired) electrons. The van der Waals surface area contributed by atoms with Gasteiger partial charge in [-0.3, -0.25) is 0 Å². The lowest BCUT2D eigenvalue weighted by Gasteiger charge is -2.05. The molecule has 0 aliphatic carbocycles. The molecule has 1 N–H and O–H groups in total. The van der Waals surface area contributed by atoms with Crippen LogP contribution in [0, 0.1) is 0 Å². The van der Waals surface area contributed by atoms with E-state index in [-0.39, 0.29) is 6.61 Å². The standard InChI is InChI=1S/C7H11ClO3/c1-5(3-8)7(10)11-4-6(2)9/h3,6,9H,4H2,1-2H3/b5-3+. The number of halogens is 1. The van der Waals surface area contributed by atoms with Crippen LogP contribution in [0.25, 0.3) is 0 Å². The fraction of sp³-hybridized carbons (Fsp3) is 0.571. The number of rotatable bonds is 3. The summed E-state index contributed by atoms with van der Waals surface area (Å²) < 4.78 is 4.61. The Morgan fingerprint density at radius 3 is 2.73 bits per heavy atom. The maximum atomic E-state index is 10.8. The van der Waals surface area contributed by atoms with E-state index in [1.807, 2.05) is 0 Å². The molecule has 64 valence electrons. The average Bonchev–Trinajstić information content (AvgIpc) is 1.98. The maximum absolute atomic E-state index is 10.8. The molecule has 0 spiro atoms. The van der Waals surface area contributed by atoms with Gasteiger partial charge in [0.25, 0.3) is 0 Å². The van der Waals surface area contributed by atoms with Crippen molar-refractivity contribution in [3.05, 3.63) is 11.1 Å². The van der Waals surface area contributed by atoms with Crippen molar-refractivity contribution in [2.24, 2.45) is 0 Å². The highest BCUT2D eigenvalue weighted by molar-refractivity contribution is 6.27. The molecule has 0 aromatic heterocycles. The number of hydrogen-bond donors (Lipinski definition) is 1. The van der Waals surface area contributed by atoms with E-state index in [1.54, 1.807) is 0 Å². The van der Waals surface area contributed by atoms with Crippen molar-refractivity contribution in [1.29, 1.82) is 0 Å². The van der Waals surface area contributed by atoms with Gasteiger partial charge < -0.3 is 9.84 Å². The van der Waals surface area contributed by atoms with Crippen LogP contribution in [-0.2, 0) is 9.53 Å². The fourth-order valence-electron chi connectivity index (χ4n) is 0.355. The van der Waals surface area contributed by atoms with Crippen LogP contribution in [-0.4, -0.2) is 23.8 Å². The summed E-state index contributed by atoms with van der Waals surface area (Å²) in [5.74, 6) is -0.499. The summed E-state index contributed by atoms with van der Waals surface area (Å²) in [5.41, 5.74) is 1.47. The molecule has 0 aliphatic heterocycles. The Bertz CT molecular complexity index is 163. The zero-order valence-corrected chi connectivity index (χ0v) is 7.26. The minimum absolute atomic E-state index is 0.000895. The highest BCUT2D eigenvalue weighted by atomic mass is 35.5. The number of ether oxygens (including phenoxy) is 1. The monoisotopic (exact) mass is 178 g/mol. The molecule has 0 fully saturated rings. The van der Waals surface area contributed by atoms with Crippen LogP contribution in [0.4, 0.5) is 0 Å². The minimum Gasteiger partial charge on any atom is -0.460 e. The molecule has 0 saturated carbocycles. The predicted molar refractivity (Wildman–Crippen MR) is 42.2 cm³/mol. The van der Waals surface area contributed by atoms with Gasteiger partial charge in [0.1, 0.15) is 6.61 Å². The van der Waals surface area contributed by atoms with Crippen molar-refractivity contribution in [2.45, 2.75) is 20.0 Å². The molecule has 1 atom stereocenters. The van der Waals surface area contributed by atoms with Gasteiger partial charge >= 0.3 is 5.97 Å². The van der Waals surface area contributed by atoms with Gasteiger partial charge in [0.15, 0.2) is 0 Å². The summed E-state index contributed by atoms with van der Waals surface area (Å²) in [6.07, 6.45) is -0.637. The van der Waals surface area contributed by atoms with Crippen molar-refractivity contribution in [3.8, 4) is 0 Å². The van der Waals surface area contributed by atoms with Gasteiger partial charge in [0, 0.05) is 11.1 Å². The van der Waals surface area contributed by atoms with Crippen LogP contribution in [0.2, 0.25) is 0 Å². The molecule has 0 amide bonds. The second kappa shape index (κ2) is 5.16. The van der Waals surface area contributed by atoms with Crippen molar-refractivity contribution in [3.63, 3.8) is 0 Å².